The summed E-state index contributed by atoms with van der Waals surface area (Å²) in [6, 6.07) is 14.0. The van der Waals surface area contributed by atoms with Crippen LogP contribution in [0.1, 0.15) is 27.4 Å². The fourth-order valence-corrected chi connectivity index (χ4v) is 5.36. The molecule has 4 rings (SSSR count). The molecule has 0 atom stereocenters. The fourth-order valence-electron chi connectivity index (χ4n) is 3.72. The summed E-state index contributed by atoms with van der Waals surface area (Å²) in [7, 11) is -3.80. The number of hydrogen-bond donors (Lipinski definition) is 0. The third kappa shape index (κ3) is 4.90. The van der Waals surface area contributed by atoms with E-state index in [2.05, 4.69) is 10.1 Å². The van der Waals surface area contributed by atoms with Crippen molar-refractivity contribution in [2.45, 2.75) is 25.3 Å². The maximum Gasteiger partial charge on any atom is 0.340 e. The number of nitrogens with zero attached hydrogens (tertiary/aromatic N) is 3. The number of rotatable bonds is 6. The van der Waals surface area contributed by atoms with E-state index in [1.165, 1.54) is 22.5 Å². The molecule has 0 aliphatic carbocycles. The van der Waals surface area contributed by atoms with Gasteiger partial charge >= 0.3 is 5.97 Å². The van der Waals surface area contributed by atoms with Crippen molar-refractivity contribution >= 4 is 33.3 Å². The van der Waals surface area contributed by atoms with Crippen molar-refractivity contribution in [3.63, 3.8) is 0 Å². The molecule has 0 saturated carbocycles. The second kappa shape index (κ2) is 9.54. The molecule has 1 saturated heterocycles. The minimum absolute atomic E-state index is 0.00403. The summed E-state index contributed by atoms with van der Waals surface area (Å²) >= 11 is 6.19. The molecule has 0 amide bonds. The van der Waals surface area contributed by atoms with E-state index in [-0.39, 0.29) is 22.1 Å². The lowest BCUT2D eigenvalue weighted by Gasteiger charge is -2.35. The Morgan fingerprint density at radius 3 is 2.42 bits per heavy atom. The summed E-state index contributed by atoms with van der Waals surface area (Å²) in [6.45, 7) is 5.25. The first-order valence-electron chi connectivity index (χ1n) is 10.5. The van der Waals surface area contributed by atoms with Crippen molar-refractivity contribution in [2.75, 3.05) is 31.1 Å². The largest absolute Gasteiger partial charge is 0.457 e. The Kier molecular flexibility index (Phi) is 6.73. The topological polar surface area (TPSA) is 92.9 Å². The van der Waals surface area contributed by atoms with Crippen LogP contribution in [0.2, 0.25) is 5.02 Å². The van der Waals surface area contributed by atoms with Crippen molar-refractivity contribution in [3.8, 4) is 0 Å². The van der Waals surface area contributed by atoms with Gasteiger partial charge in [0.1, 0.15) is 12.4 Å². The van der Waals surface area contributed by atoms with Crippen LogP contribution in [0.5, 0.6) is 0 Å². The lowest BCUT2D eigenvalue weighted by molar-refractivity contribution is 0.0470. The molecule has 1 aliphatic heterocycles. The van der Waals surface area contributed by atoms with E-state index < -0.39 is 16.0 Å². The van der Waals surface area contributed by atoms with Crippen molar-refractivity contribution in [1.29, 1.82) is 0 Å². The smallest absolute Gasteiger partial charge is 0.340 e. The summed E-state index contributed by atoms with van der Waals surface area (Å²) in [5.74, 6) is -0.164. The van der Waals surface area contributed by atoms with Crippen LogP contribution in [0.15, 0.2) is 57.9 Å². The maximum absolute atomic E-state index is 13.2. The van der Waals surface area contributed by atoms with Crippen LogP contribution in [0.4, 0.5) is 5.69 Å². The van der Waals surface area contributed by atoms with Crippen molar-refractivity contribution in [1.82, 2.24) is 9.46 Å². The van der Waals surface area contributed by atoms with Crippen molar-refractivity contribution < 1.29 is 22.5 Å². The van der Waals surface area contributed by atoms with E-state index in [4.69, 9.17) is 20.9 Å². The van der Waals surface area contributed by atoms with Gasteiger partial charge in [-0.15, -0.1) is 0 Å². The predicted molar refractivity (Wildman–Crippen MR) is 124 cm³/mol. The van der Waals surface area contributed by atoms with E-state index in [0.29, 0.717) is 43.2 Å². The molecule has 2 heterocycles. The standard InChI is InChI=1S/C23H24ClN3O5S/c1-16-21(17(2)32-25-16)15-31-23(28)20-14-19(8-9-22(20)24)33(29,30)27-12-10-26(11-13-27)18-6-4-3-5-7-18/h3-9,14H,10-13,15H2,1-2H3. The third-order valence-electron chi connectivity index (χ3n) is 5.68. The molecule has 1 aliphatic rings. The molecule has 0 radical (unpaired) electrons. The zero-order valence-corrected chi connectivity index (χ0v) is 19.9. The minimum Gasteiger partial charge on any atom is -0.457 e. The quantitative estimate of drug-likeness (QED) is 0.486. The Bertz CT molecular complexity index is 1230. The highest BCUT2D eigenvalue weighted by atomic mass is 35.5. The molecular weight excluding hydrogens is 466 g/mol. The molecule has 3 aromatic rings. The zero-order chi connectivity index (χ0) is 23.6. The average molecular weight is 490 g/mol. The van der Waals surface area contributed by atoms with Crippen LogP contribution >= 0.6 is 11.6 Å². The summed E-state index contributed by atoms with van der Waals surface area (Å²) < 4.78 is 38.3. The first-order valence-corrected chi connectivity index (χ1v) is 12.3. The van der Waals surface area contributed by atoms with Gasteiger partial charge in [0.05, 0.1) is 26.7 Å². The Morgan fingerprint density at radius 1 is 1.09 bits per heavy atom. The average Bonchev–Trinajstić information content (AvgIpc) is 3.15. The molecular formula is C23H24ClN3O5S. The molecule has 1 fully saturated rings. The number of anilines is 1. The van der Waals surface area contributed by atoms with Crippen molar-refractivity contribution in [2.24, 2.45) is 0 Å². The number of piperazine rings is 1. The molecule has 0 bridgehead atoms. The van der Waals surface area contributed by atoms with Crippen LogP contribution in [0.25, 0.3) is 0 Å². The lowest BCUT2D eigenvalue weighted by Crippen LogP contribution is -2.48. The SMILES string of the molecule is Cc1noc(C)c1COC(=O)c1cc(S(=O)(=O)N2CCN(c3ccccc3)CC2)ccc1Cl. The number of sulfonamides is 1. The summed E-state index contributed by atoms with van der Waals surface area (Å²) in [5.41, 5.74) is 2.34. The molecule has 1 aromatic heterocycles. The number of ether oxygens (including phenoxy) is 1. The first kappa shape index (κ1) is 23.3. The van der Waals surface area contributed by atoms with Gasteiger partial charge in [0.15, 0.2) is 0 Å². The van der Waals surface area contributed by atoms with Crippen LogP contribution in [-0.2, 0) is 21.4 Å². The number of aryl methyl sites for hydroxylation is 2. The Balaban J connectivity index is 1.47. The summed E-state index contributed by atoms with van der Waals surface area (Å²) in [6.07, 6.45) is 0. The summed E-state index contributed by atoms with van der Waals surface area (Å²) in [5, 5.41) is 3.94. The predicted octanol–water partition coefficient (Wildman–Crippen LogP) is 3.81. The molecule has 174 valence electrons. The van der Waals surface area contributed by atoms with Gasteiger partial charge in [0.25, 0.3) is 0 Å². The zero-order valence-electron chi connectivity index (χ0n) is 18.3. The van der Waals surface area contributed by atoms with Gasteiger partial charge in [-0.1, -0.05) is 35.0 Å². The molecule has 0 N–H and O–H groups in total. The Hall–Kier alpha value is -2.88. The van der Waals surface area contributed by atoms with Gasteiger partial charge in [-0.05, 0) is 44.2 Å². The Morgan fingerprint density at radius 2 is 1.79 bits per heavy atom. The molecule has 0 unspecified atom stereocenters. The minimum atomic E-state index is -3.80. The van der Waals surface area contributed by atoms with Gasteiger partial charge in [-0.25, -0.2) is 13.2 Å². The van der Waals surface area contributed by atoms with Crippen LogP contribution in [0, 0.1) is 13.8 Å². The number of hydrogen-bond acceptors (Lipinski definition) is 7. The number of benzene rings is 2. The van der Waals surface area contributed by atoms with Crippen LogP contribution in [-0.4, -0.2) is 50.0 Å². The monoisotopic (exact) mass is 489 g/mol. The number of carbonyl (C=O) groups excluding carboxylic acids is 1. The molecule has 0 spiro atoms. The number of esters is 1. The number of para-hydroxylation sites is 1. The van der Waals surface area contributed by atoms with Crippen LogP contribution in [0.3, 0.4) is 0 Å². The number of halogens is 1. The summed E-state index contributed by atoms with van der Waals surface area (Å²) in [4.78, 5) is 14.8. The van der Waals surface area contributed by atoms with Gasteiger partial charge in [0, 0.05) is 31.9 Å². The molecule has 2 aromatic carbocycles. The normalized spacial score (nSPS) is 14.9. The third-order valence-corrected chi connectivity index (χ3v) is 7.91. The van der Waals surface area contributed by atoms with Gasteiger partial charge in [0.2, 0.25) is 10.0 Å². The number of carbonyl (C=O) groups is 1. The van der Waals surface area contributed by atoms with Gasteiger partial charge in [-0.3, -0.25) is 0 Å². The van der Waals surface area contributed by atoms with Gasteiger partial charge in [-0.2, -0.15) is 4.31 Å². The second-order valence-corrected chi connectivity index (χ2v) is 10.1. The maximum atomic E-state index is 13.2. The highest BCUT2D eigenvalue weighted by molar-refractivity contribution is 7.89. The number of aromatic nitrogens is 1. The molecule has 8 nitrogen and oxygen atoms in total. The second-order valence-electron chi connectivity index (χ2n) is 7.75. The first-order chi connectivity index (χ1) is 15.8. The molecule has 33 heavy (non-hydrogen) atoms. The van der Waals surface area contributed by atoms with E-state index in [1.54, 1.807) is 13.8 Å². The highest BCUT2D eigenvalue weighted by Crippen LogP contribution is 2.26. The molecule has 10 heteroatoms. The van der Waals surface area contributed by atoms with E-state index in [9.17, 15) is 13.2 Å². The fraction of sp³-hybridized carbons (Fsp3) is 0.304. The van der Waals surface area contributed by atoms with Crippen LogP contribution < -0.4 is 4.90 Å². The van der Waals surface area contributed by atoms with Gasteiger partial charge < -0.3 is 14.2 Å². The van der Waals surface area contributed by atoms with E-state index in [1.807, 2.05) is 30.3 Å². The lowest BCUT2D eigenvalue weighted by atomic mass is 10.2. The van der Waals surface area contributed by atoms with Crippen molar-refractivity contribution in [3.05, 3.63) is 76.1 Å². The Labute approximate surface area is 197 Å². The van der Waals surface area contributed by atoms with E-state index in [0.717, 1.165) is 5.69 Å². The highest BCUT2D eigenvalue weighted by Gasteiger charge is 2.30. The van der Waals surface area contributed by atoms with E-state index >= 15 is 0 Å².